The van der Waals surface area contributed by atoms with Crippen LogP contribution >= 0.6 is 0 Å². The van der Waals surface area contributed by atoms with Gasteiger partial charge in [-0.15, -0.1) is 0 Å². The van der Waals surface area contributed by atoms with Gasteiger partial charge in [0.15, 0.2) is 0 Å². The first-order valence-electron chi connectivity index (χ1n) is 14.3. The Morgan fingerprint density at radius 3 is 2.10 bits per heavy atom. The number of aliphatic hydroxyl groups excluding tert-OH is 2. The molecule has 0 aliphatic carbocycles. The molecule has 39 heavy (non-hydrogen) atoms. The second-order valence-electron chi connectivity index (χ2n) is 10.9. The van der Waals surface area contributed by atoms with E-state index in [0.717, 1.165) is 74.8 Å². The van der Waals surface area contributed by atoms with Gasteiger partial charge in [-0.25, -0.2) is 0 Å². The molecule has 2 aromatic heterocycles. The number of aliphatic hydroxyl groups is 2. The lowest BCUT2D eigenvalue weighted by molar-refractivity contribution is -0.136. The van der Waals surface area contributed by atoms with Gasteiger partial charge in [0.2, 0.25) is 5.56 Å². The molecule has 2 unspecified atom stereocenters. The number of hydrogen-bond donors (Lipinski definition) is 3. The van der Waals surface area contributed by atoms with Crippen LogP contribution in [-0.2, 0) is 19.1 Å². The van der Waals surface area contributed by atoms with E-state index < -0.39 is 29.5 Å². The Labute approximate surface area is 228 Å². The van der Waals surface area contributed by atoms with Crippen LogP contribution in [0.3, 0.4) is 0 Å². The molecule has 0 spiro atoms. The Morgan fingerprint density at radius 2 is 1.54 bits per heavy atom. The van der Waals surface area contributed by atoms with Crippen molar-refractivity contribution in [2.45, 2.75) is 104 Å². The Hall–Kier alpha value is -2.36. The highest BCUT2D eigenvalue weighted by molar-refractivity contribution is 6.09. The largest absolute Gasteiger partial charge is 0.417 e. The van der Waals surface area contributed by atoms with Gasteiger partial charge in [-0.05, 0) is 64.3 Å². The number of halogens is 3. The molecule has 0 saturated heterocycles. The van der Waals surface area contributed by atoms with E-state index in [9.17, 15) is 28.2 Å². The number of aryl methyl sites for hydroxylation is 2. The van der Waals surface area contributed by atoms with Gasteiger partial charge >= 0.3 is 6.18 Å². The molecular formula is C30H44F3N3O3. The highest BCUT2D eigenvalue weighted by Crippen LogP contribution is 2.39. The van der Waals surface area contributed by atoms with E-state index in [1.807, 2.05) is 19.9 Å². The van der Waals surface area contributed by atoms with Gasteiger partial charge in [0.1, 0.15) is 0 Å². The van der Waals surface area contributed by atoms with Crippen LogP contribution in [0.2, 0.25) is 0 Å². The number of nitrogens with one attached hydrogen (secondary N) is 1. The van der Waals surface area contributed by atoms with E-state index in [0.29, 0.717) is 31.0 Å². The normalized spacial score (nSPS) is 14.1. The maximum absolute atomic E-state index is 13.9. The van der Waals surface area contributed by atoms with Crippen LogP contribution in [0.4, 0.5) is 13.2 Å². The van der Waals surface area contributed by atoms with Crippen LogP contribution in [0.25, 0.3) is 21.8 Å². The third-order valence-electron chi connectivity index (χ3n) is 7.45. The molecule has 1 aromatic carbocycles. The molecular weight excluding hydrogens is 507 g/mol. The summed E-state index contributed by atoms with van der Waals surface area (Å²) in [5.74, 6) is 0. The van der Waals surface area contributed by atoms with Crippen molar-refractivity contribution < 1.29 is 23.4 Å². The maximum atomic E-state index is 13.9. The molecule has 3 N–H and O–H groups in total. The fourth-order valence-electron chi connectivity index (χ4n) is 5.87. The molecule has 0 fully saturated rings. The summed E-state index contributed by atoms with van der Waals surface area (Å²) in [6, 6.07) is 4.09. The van der Waals surface area contributed by atoms with Gasteiger partial charge in [0.25, 0.3) is 0 Å². The quantitative estimate of drug-likeness (QED) is 0.198. The zero-order valence-electron chi connectivity index (χ0n) is 23.7. The SMILES string of the molecule is CCc1c(C)c2c3c(C(F)(F)F)cc(=O)[nH]c3ccc2n1CCCCCCCCCN(CC(C)O)CC(C)O. The smallest absolute Gasteiger partial charge is 0.392 e. The molecule has 3 rings (SSSR count). The lowest BCUT2D eigenvalue weighted by Crippen LogP contribution is -2.36. The minimum Gasteiger partial charge on any atom is -0.392 e. The summed E-state index contributed by atoms with van der Waals surface area (Å²) in [5, 5.41) is 20.0. The number of benzene rings is 1. The number of aromatic nitrogens is 2. The fourth-order valence-corrected chi connectivity index (χ4v) is 5.87. The van der Waals surface area contributed by atoms with Crippen LogP contribution in [0.1, 0.15) is 82.5 Å². The molecule has 218 valence electrons. The number of unbranched alkanes of at least 4 members (excludes halogenated alkanes) is 6. The lowest BCUT2D eigenvalue weighted by atomic mass is 10.0. The molecule has 2 atom stereocenters. The summed E-state index contributed by atoms with van der Waals surface area (Å²) in [4.78, 5) is 16.6. The average molecular weight is 552 g/mol. The van der Waals surface area contributed by atoms with Crippen molar-refractivity contribution in [2.75, 3.05) is 19.6 Å². The van der Waals surface area contributed by atoms with Crippen LogP contribution in [-0.4, -0.2) is 56.5 Å². The number of nitrogens with zero attached hydrogens (tertiary/aromatic N) is 2. The number of hydrogen-bond acceptors (Lipinski definition) is 4. The van der Waals surface area contributed by atoms with Gasteiger partial charge in [-0.3, -0.25) is 9.69 Å². The van der Waals surface area contributed by atoms with Crippen LogP contribution in [0.15, 0.2) is 23.0 Å². The summed E-state index contributed by atoms with van der Waals surface area (Å²) in [6.45, 7) is 10.2. The van der Waals surface area contributed by atoms with Gasteiger partial charge in [-0.1, -0.05) is 39.0 Å². The number of alkyl halides is 3. The standard InChI is InChI=1S/C30H44F3N3O3/c1-5-25-22(4)28-26(14-13-24-29(28)23(30(31,32)33)17-27(39)34-24)36(25)16-12-10-8-6-7-9-11-15-35(18-20(2)37)19-21(3)38/h13-14,17,20-21,37-38H,5-12,15-16,18-19H2,1-4H3,(H,34,39). The Balaban J connectivity index is 1.60. The maximum Gasteiger partial charge on any atom is 0.417 e. The second-order valence-corrected chi connectivity index (χ2v) is 10.9. The summed E-state index contributed by atoms with van der Waals surface area (Å²) in [5.41, 5.74) is 1.25. The first-order chi connectivity index (χ1) is 18.4. The molecule has 0 radical (unpaired) electrons. The monoisotopic (exact) mass is 551 g/mol. The molecule has 3 aromatic rings. The number of pyridine rings is 1. The zero-order valence-corrected chi connectivity index (χ0v) is 23.7. The highest BCUT2D eigenvalue weighted by Gasteiger charge is 2.34. The number of aromatic amines is 1. The Kier molecular flexibility index (Phi) is 11.0. The van der Waals surface area contributed by atoms with Gasteiger partial charge < -0.3 is 19.8 Å². The molecule has 0 aliphatic heterocycles. The van der Waals surface area contributed by atoms with Crippen molar-refractivity contribution in [1.82, 2.24) is 14.5 Å². The van der Waals surface area contributed by atoms with Crippen molar-refractivity contribution in [3.63, 3.8) is 0 Å². The molecule has 6 nitrogen and oxygen atoms in total. The molecule has 0 saturated carbocycles. The van der Waals surface area contributed by atoms with E-state index in [2.05, 4.69) is 14.5 Å². The van der Waals surface area contributed by atoms with Crippen molar-refractivity contribution in [1.29, 1.82) is 0 Å². The van der Waals surface area contributed by atoms with Gasteiger partial charge in [0, 0.05) is 53.2 Å². The van der Waals surface area contributed by atoms with Gasteiger partial charge in [0.05, 0.1) is 17.8 Å². The van der Waals surface area contributed by atoms with Crippen molar-refractivity contribution in [2.24, 2.45) is 0 Å². The Morgan fingerprint density at radius 1 is 0.949 bits per heavy atom. The predicted octanol–water partition coefficient (Wildman–Crippen LogP) is 6.17. The van der Waals surface area contributed by atoms with E-state index in [1.54, 1.807) is 19.9 Å². The number of H-pyrrole nitrogens is 1. The zero-order chi connectivity index (χ0) is 28.7. The van der Waals surface area contributed by atoms with E-state index >= 15 is 0 Å². The summed E-state index contributed by atoms with van der Waals surface area (Å²) in [6.07, 6.45) is 2.78. The fraction of sp³-hybridized carbons (Fsp3) is 0.633. The van der Waals surface area contributed by atoms with Crippen LogP contribution < -0.4 is 5.56 Å². The van der Waals surface area contributed by atoms with Crippen LogP contribution in [0, 0.1) is 6.92 Å². The molecule has 0 bridgehead atoms. The van der Waals surface area contributed by atoms with E-state index in [1.165, 1.54) is 0 Å². The average Bonchev–Trinajstić information content (AvgIpc) is 3.11. The van der Waals surface area contributed by atoms with E-state index in [4.69, 9.17) is 0 Å². The van der Waals surface area contributed by atoms with Crippen molar-refractivity contribution in [3.8, 4) is 0 Å². The molecule has 9 heteroatoms. The van der Waals surface area contributed by atoms with E-state index in [-0.39, 0.29) is 10.9 Å². The summed E-state index contributed by atoms with van der Waals surface area (Å²) >= 11 is 0. The number of fused-ring (bicyclic) bond motifs is 3. The number of rotatable bonds is 15. The Bertz CT molecular complexity index is 1270. The third-order valence-corrected chi connectivity index (χ3v) is 7.45. The first kappa shape index (κ1) is 31.2. The highest BCUT2D eigenvalue weighted by atomic mass is 19.4. The van der Waals surface area contributed by atoms with Crippen molar-refractivity contribution in [3.05, 3.63) is 45.4 Å². The molecule has 2 heterocycles. The minimum absolute atomic E-state index is 0.0750. The predicted molar refractivity (Wildman–Crippen MR) is 151 cm³/mol. The second kappa shape index (κ2) is 13.8. The summed E-state index contributed by atoms with van der Waals surface area (Å²) < 4.78 is 43.9. The first-order valence-corrected chi connectivity index (χ1v) is 14.3. The van der Waals surface area contributed by atoms with Crippen LogP contribution in [0.5, 0.6) is 0 Å². The third kappa shape index (κ3) is 8.08. The lowest BCUT2D eigenvalue weighted by Gasteiger charge is -2.24. The topological polar surface area (TPSA) is 81.5 Å². The summed E-state index contributed by atoms with van der Waals surface area (Å²) in [7, 11) is 0. The molecule has 0 amide bonds. The van der Waals surface area contributed by atoms with Gasteiger partial charge in [-0.2, -0.15) is 13.2 Å². The van der Waals surface area contributed by atoms with Crippen molar-refractivity contribution >= 4 is 21.8 Å². The molecule has 0 aliphatic rings. The minimum atomic E-state index is -4.62.